The maximum atomic E-state index is 13.0. The van der Waals surface area contributed by atoms with Crippen LogP contribution in [0.3, 0.4) is 0 Å². The van der Waals surface area contributed by atoms with Gasteiger partial charge in [0.2, 0.25) is 0 Å². The molecular weight excluding hydrogens is 385 g/mol. The van der Waals surface area contributed by atoms with E-state index in [4.69, 9.17) is 23.2 Å². The van der Waals surface area contributed by atoms with Crippen molar-refractivity contribution in [1.82, 2.24) is 0 Å². The number of anilines is 1. The van der Waals surface area contributed by atoms with Gasteiger partial charge in [0.1, 0.15) is 0 Å². The first-order valence-corrected chi connectivity index (χ1v) is 9.28. The Kier molecular flexibility index (Phi) is 6.11. The SMILES string of the molecule is C=CCN(c1ccc(Cl)cc1)S(=O)(=O)c1ccc(Cl)c(C(=O)OC)c1. The Bertz CT molecular complexity index is 895. The van der Waals surface area contributed by atoms with Crippen molar-refractivity contribution in [3.8, 4) is 0 Å². The third-order valence-electron chi connectivity index (χ3n) is 3.34. The first-order chi connectivity index (χ1) is 11.8. The van der Waals surface area contributed by atoms with Gasteiger partial charge in [-0.1, -0.05) is 29.3 Å². The van der Waals surface area contributed by atoms with Gasteiger partial charge in [-0.3, -0.25) is 4.31 Å². The molecule has 0 N–H and O–H groups in total. The molecule has 132 valence electrons. The highest BCUT2D eigenvalue weighted by Gasteiger charge is 2.26. The summed E-state index contributed by atoms with van der Waals surface area (Å²) in [6.45, 7) is 3.64. The standard InChI is InChI=1S/C17H15Cl2NO4S/c1-3-10-20(13-6-4-12(18)5-7-13)25(22,23)14-8-9-16(19)15(11-14)17(21)24-2/h3-9,11H,1,10H2,2H3. The molecule has 0 saturated carbocycles. The van der Waals surface area contributed by atoms with Gasteiger partial charge in [-0.05, 0) is 42.5 Å². The zero-order valence-corrected chi connectivity index (χ0v) is 15.6. The summed E-state index contributed by atoms with van der Waals surface area (Å²) in [5, 5.41) is 0.590. The number of hydrogen-bond acceptors (Lipinski definition) is 4. The fourth-order valence-electron chi connectivity index (χ4n) is 2.13. The Morgan fingerprint density at radius 3 is 2.40 bits per heavy atom. The molecule has 2 aromatic rings. The van der Waals surface area contributed by atoms with Crippen molar-refractivity contribution in [2.75, 3.05) is 18.0 Å². The molecule has 0 aromatic heterocycles. The van der Waals surface area contributed by atoms with E-state index in [1.54, 1.807) is 24.3 Å². The van der Waals surface area contributed by atoms with Gasteiger partial charge in [-0.25, -0.2) is 13.2 Å². The predicted octanol–water partition coefficient (Wildman–Crippen LogP) is 4.16. The van der Waals surface area contributed by atoms with Crippen molar-refractivity contribution in [2.24, 2.45) is 0 Å². The Morgan fingerprint density at radius 1 is 1.20 bits per heavy atom. The van der Waals surface area contributed by atoms with Crippen molar-refractivity contribution in [1.29, 1.82) is 0 Å². The smallest absolute Gasteiger partial charge is 0.339 e. The minimum atomic E-state index is -3.96. The molecule has 0 saturated heterocycles. The normalized spacial score (nSPS) is 11.0. The van der Waals surface area contributed by atoms with Crippen LogP contribution >= 0.6 is 23.2 Å². The summed E-state index contributed by atoms with van der Waals surface area (Å²) in [6, 6.07) is 10.2. The lowest BCUT2D eigenvalue weighted by atomic mass is 10.2. The highest BCUT2D eigenvalue weighted by atomic mass is 35.5. The number of esters is 1. The molecule has 25 heavy (non-hydrogen) atoms. The lowest BCUT2D eigenvalue weighted by Gasteiger charge is -2.23. The van der Waals surface area contributed by atoms with E-state index in [0.29, 0.717) is 10.7 Å². The van der Waals surface area contributed by atoms with Crippen LogP contribution in [0.1, 0.15) is 10.4 Å². The first-order valence-electron chi connectivity index (χ1n) is 7.08. The van der Waals surface area contributed by atoms with Crippen molar-refractivity contribution in [3.63, 3.8) is 0 Å². The fourth-order valence-corrected chi connectivity index (χ4v) is 3.91. The van der Waals surface area contributed by atoms with Gasteiger partial charge in [-0.15, -0.1) is 6.58 Å². The van der Waals surface area contributed by atoms with Gasteiger partial charge in [0, 0.05) is 5.02 Å². The quantitative estimate of drug-likeness (QED) is 0.540. The van der Waals surface area contributed by atoms with E-state index >= 15 is 0 Å². The second-order valence-electron chi connectivity index (χ2n) is 4.93. The topological polar surface area (TPSA) is 63.7 Å². The van der Waals surface area contributed by atoms with E-state index in [0.717, 1.165) is 4.31 Å². The molecule has 0 spiro atoms. The maximum Gasteiger partial charge on any atom is 0.339 e. The van der Waals surface area contributed by atoms with E-state index in [-0.39, 0.29) is 22.0 Å². The molecular formula is C17H15Cl2NO4S. The number of halogens is 2. The van der Waals surface area contributed by atoms with E-state index in [1.165, 1.54) is 31.4 Å². The molecule has 2 aromatic carbocycles. The summed E-state index contributed by atoms with van der Waals surface area (Å²) in [5.41, 5.74) is 0.388. The highest BCUT2D eigenvalue weighted by Crippen LogP contribution is 2.28. The monoisotopic (exact) mass is 399 g/mol. The second kappa shape index (κ2) is 7.91. The number of methoxy groups -OCH3 is 1. The van der Waals surface area contributed by atoms with Crippen LogP contribution in [0.4, 0.5) is 5.69 Å². The van der Waals surface area contributed by atoms with Crippen molar-refractivity contribution >= 4 is 44.9 Å². The van der Waals surface area contributed by atoms with Crippen LogP contribution in [0.2, 0.25) is 10.0 Å². The van der Waals surface area contributed by atoms with Crippen LogP contribution in [0.15, 0.2) is 60.0 Å². The Morgan fingerprint density at radius 2 is 1.84 bits per heavy atom. The zero-order chi connectivity index (χ0) is 18.6. The Balaban J connectivity index is 2.55. The average Bonchev–Trinajstić information content (AvgIpc) is 2.60. The van der Waals surface area contributed by atoms with Crippen molar-refractivity contribution in [3.05, 3.63) is 70.7 Å². The van der Waals surface area contributed by atoms with E-state index in [9.17, 15) is 13.2 Å². The predicted molar refractivity (Wildman–Crippen MR) is 99.0 cm³/mol. The highest BCUT2D eigenvalue weighted by molar-refractivity contribution is 7.92. The maximum absolute atomic E-state index is 13.0. The second-order valence-corrected chi connectivity index (χ2v) is 7.64. The molecule has 5 nitrogen and oxygen atoms in total. The largest absolute Gasteiger partial charge is 0.465 e. The van der Waals surface area contributed by atoms with Crippen molar-refractivity contribution < 1.29 is 17.9 Å². The van der Waals surface area contributed by atoms with E-state index < -0.39 is 16.0 Å². The number of carbonyl (C=O) groups excluding carboxylic acids is 1. The van der Waals surface area contributed by atoms with Gasteiger partial charge in [-0.2, -0.15) is 0 Å². The third kappa shape index (κ3) is 4.15. The molecule has 0 fully saturated rings. The number of nitrogens with zero attached hydrogens (tertiary/aromatic N) is 1. The molecule has 0 heterocycles. The van der Waals surface area contributed by atoms with Gasteiger partial charge >= 0.3 is 5.97 Å². The lowest BCUT2D eigenvalue weighted by Crippen LogP contribution is -2.31. The van der Waals surface area contributed by atoms with Crippen LogP contribution in [-0.4, -0.2) is 28.0 Å². The number of benzene rings is 2. The van der Waals surface area contributed by atoms with E-state index in [1.807, 2.05) is 0 Å². The van der Waals surface area contributed by atoms with Gasteiger partial charge < -0.3 is 4.74 Å². The summed E-state index contributed by atoms with van der Waals surface area (Å²) in [7, 11) is -2.77. The molecule has 0 aliphatic carbocycles. The number of rotatable bonds is 6. The average molecular weight is 400 g/mol. The summed E-state index contributed by atoms with van der Waals surface area (Å²) < 4.78 is 31.8. The summed E-state index contributed by atoms with van der Waals surface area (Å²) in [4.78, 5) is 11.7. The summed E-state index contributed by atoms with van der Waals surface area (Å²) in [6.07, 6.45) is 1.46. The molecule has 0 aliphatic heterocycles. The van der Waals surface area contributed by atoms with Gasteiger partial charge in [0.25, 0.3) is 10.0 Å². The number of ether oxygens (including phenoxy) is 1. The Labute approximate surface area is 156 Å². The molecule has 2 rings (SSSR count). The van der Waals surface area contributed by atoms with Crippen molar-refractivity contribution in [2.45, 2.75) is 4.90 Å². The van der Waals surface area contributed by atoms with E-state index in [2.05, 4.69) is 11.3 Å². The molecule has 0 radical (unpaired) electrons. The Hall–Kier alpha value is -2.02. The van der Waals surface area contributed by atoms with Gasteiger partial charge in [0.05, 0.1) is 34.8 Å². The van der Waals surface area contributed by atoms with Crippen LogP contribution < -0.4 is 4.31 Å². The fraction of sp³-hybridized carbons (Fsp3) is 0.118. The number of sulfonamides is 1. The van der Waals surface area contributed by atoms with Crippen LogP contribution in [0.25, 0.3) is 0 Å². The lowest BCUT2D eigenvalue weighted by molar-refractivity contribution is 0.0600. The summed E-state index contributed by atoms with van der Waals surface area (Å²) in [5.74, 6) is -0.719. The number of hydrogen-bond donors (Lipinski definition) is 0. The molecule has 0 unspecified atom stereocenters. The number of carbonyl (C=O) groups is 1. The minimum Gasteiger partial charge on any atom is -0.465 e. The molecule has 0 amide bonds. The van der Waals surface area contributed by atoms with Gasteiger partial charge in [0.15, 0.2) is 0 Å². The summed E-state index contributed by atoms with van der Waals surface area (Å²) >= 11 is 11.8. The molecule has 0 aliphatic rings. The van der Waals surface area contributed by atoms with Crippen LogP contribution in [-0.2, 0) is 14.8 Å². The first kappa shape index (κ1) is 19.3. The molecule has 8 heteroatoms. The minimum absolute atomic E-state index is 0.0279. The molecule has 0 atom stereocenters. The third-order valence-corrected chi connectivity index (χ3v) is 5.71. The van der Waals surface area contributed by atoms with Crippen LogP contribution in [0, 0.1) is 0 Å². The zero-order valence-electron chi connectivity index (χ0n) is 13.3. The van der Waals surface area contributed by atoms with Crippen LogP contribution in [0.5, 0.6) is 0 Å². The molecule has 0 bridgehead atoms.